The summed E-state index contributed by atoms with van der Waals surface area (Å²) in [5.41, 5.74) is -2.39. The summed E-state index contributed by atoms with van der Waals surface area (Å²) < 4.78 is 52.7. The number of carboxylic acid groups (broad SMARTS) is 2. The van der Waals surface area contributed by atoms with Gasteiger partial charge in [-0.25, -0.2) is 18.9 Å². The van der Waals surface area contributed by atoms with Crippen molar-refractivity contribution >= 4 is 81.1 Å². The molecule has 53 heavy (non-hydrogen) atoms. The Labute approximate surface area is 306 Å². The van der Waals surface area contributed by atoms with Gasteiger partial charge in [-0.05, 0) is 28.1 Å². The normalized spacial score (nSPS) is 20.2. The molecule has 4 N–H and O–H groups in total. The molecule has 0 radical (unpaired) electrons. The first kappa shape index (κ1) is 38.9. The number of hydrogen-bond acceptors (Lipinski definition) is 16. The van der Waals surface area contributed by atoms with Crippen LogP contribution in [0.15, 0.2) is 45.1 Å². The zero-order valence-electron chi connectivity index (χ0n) is 26.6. The van der Waals surface area contributed by atoms with Crippen LogP contribution in [0.5, 0.6) is 0 Å². The molecule has 1 aromatic carbocycles. The fourth-order valence-corrected chi connectivity index (χ4v) is 8.10. The number of alkyl halides is 3. The molecular formula is C27H24F4N10O9S3. The average Bonchev–Trinajstić information content (AvgIpc) is 3.77. The maximum absolute atomic E-state index is 13.5. The molecule has 2 aliphatic rings. The standard InChI is InChI=1S/C27H24F4N10O9S3/c1-49-36-14(21(44)45)6-41-25(35-38-39-41)53-11-26(23(47)48)9-40-19(43)17(20(40)52-10-26)33-18(42)16(37-50-7-12-2-4-13(28)5-3-12)15-8-51-24(32-15)34-22(46)27(29,30)31/h2-5,8,17,20H,6-7,9-11H2,1H3,(H,33,42)(H,44,45)(H,47,48)(H,32,34,46)/t17?,20-,26?/m1/s1. The first-order chi connectivity index (χ1) is 25.1. The molecule has 4 heterocycles. The van der Waals surface area contributed by atoms with Crippen LogP contribution in [0.4, 0.5) is 22.7 Å². The number of tetrazole rings is 1. The lowest BCUT2D eigenvalue weighted by atomic mass is 9.89. The highest BCUT2D eigenvalue weighted by Crippen LogP contribution is 2.44. The van der Waals surface area contributed by atoms with Gasteiger partial charge >= 0.3 is 24.0 Å². The Hall–Kier alpha value is -5.37. The zero-order valence-corrected chi connectivity index (χ0v) is 29.1. The van der Waals surface area contributed by atoms with E-state index in [0.29, 0.717) is 16.9 Å². The van der Waals surface area contributed by atoms with Gasteiger partial charge in [-0.3, -0.25) is 24.5 Å². The summed E-state index contributed by atoms with van der Waals surface area (Å²) >= 11 is 2.52. The number of aromatic nitrogens is 5. The van der Waals surface area contributed by atoms with E-state index in [1.807, 2.05) is 0 Å². The number of nitrogens with zero attached hydrogens (tertiary/aromatic N) is 8. The number of rotatable bonds is 15. The molecule has 0 bridgehead atoms. The molecule has 3 atom stereocenters. The molecule has 2 aliphatic heterocycles. The Balaban J connectivity index is 1.27. The quantitative estimate of drug-likeness (QED) is 0.0551. The van der Waals surface area contributed by atoms with Gasteiger partial charge in [-0.1, -0.05) is 34.2 Å². The van der Waals surface area contributed by atoms with Crippen LogP contribution in [-0.2, 0) is 46.8 Å². The third-order valence-corrected chi connectivity index (χ3v) is 10.9. The number of benzene rings is 1. The number of carbonyl (C=O) groups is 5. The molecule has 0 saturated carbocycles. The molecule has 5 rings (SSSR count). The van der Waals surface area contributed by atoms with Crippen LogP contribution in [0.25, 0.3) is 0 Å². The number of fused-ring (bicyclic) bond motifs is 1. The van der Waals surface area contributed by atoms with Gasteiger partial charge in [-0.2, -0.15) is 13.2 Å². The van der Waals surface area contributed by atoms with Crippen molar-refractivity contribution in [2.24, 2.45) is 15.7 Å². The highest BCUT2D eigenvalue weighted by atomic mass is 32.2. The summed E-state index contributed by atoms with van der Waals surface area (Å²) in [6.45, 7) is -0.938. The van der Waals surface area contributed by atoms with Gasteiger partial charge in [0.25, 0.3) is 5.91 Å². The fourth-order valence-electron chi connectivity index (χ4n) is 4.67. The van der Waals surface area contributed by atoms with E-state index in [-0.39, 0.29) is 35.5 Å². The van der Waals surface area contributed by atoms with Gasteiger partial charge in [0, 0.05) is 23.4 Å². The number of anilines is 1. The third-order valence-electron chi connectivity index (χ3n) is 7.35. The molecule has 2 unspecified atom stereocenters. The number of thiazole rings is 1. The second-order valence-corrected chi connectivity index (χ2v) is 13.9. The molecular weight excluding hydrogens is 781 g/mol. The van der Waals surface area contributed by atoms with Gasteiger partial charge in [-0.15, -0.1) is 28.2 Å². The van der Waals surface area contributed by atoms with Crippen LogP contribution in [0.3, 0.4) is 0 Å². The first-order valence-corrected chi connectivity index (χ1v) is 17.5. The van der Waals surface area contributed by atoms with Crippen LogP contribution in [-0.4, -0.2) is 124 Å². The van der Waals surface area contributed by atoms with Crippen LogP contribution in [0.1, 0.15) is 11.3 Å². The molecule has 19 nitrogen and oxygen atoms in total. The summed E-state index contributed by atoms with van der Waals surface area (Å²) in [5.74, 6) is -7.33. The fraction of sp³-hybridized carbons (Fsp3) is 0.370. The van der Waals surface area contributed by atoms with Crippen LogP contribution < -0.4 is 10.6 Å². The lowest BCUT2D eigenvalue weighted by Gasteiger charge is -2.53. The number of halogens is 4. The van der Waals surface area contributed by atoms with Crippen LogP contribution in [0.2, 0.25) is 0 Å². The number of aliphatic carboxylic acids is 2. The van der Waals surface area contributed by atoms with Gasteiger partial charge in [0.1, 0.15) is 42.1 Å². The van der Waals surface area contributed by atoms with Gasteiger partial charge in [0.05, 0.1) is 6.54 Å². The predicted octanol–water partition coefficient (Wildman–Crippen LogP) is 1.04. The minimum Gasteiger partial charge on any atom is -0.481 e. The molecule has 3 aromatic rings. The topological polar surface area (TPSA) is 253 Å². The Morgan fingerprint density at radius 2 is 1.91 bits per heavy atom. The van der Waals surface area contributed by atoms with Crippen molar-refractivity contribution in [1.82, 2.24) is 35.4 Å². The SMILES string of the molecule is CON=C(Cn1nnnc1SCC1(C(=O)O)CS[C@@H]2C(NC(=O)C(=NOCc3ccc(F)cc3)c3csc(NC(=O)C(F)(F)F)n3)C(=O)N2C1)C(=O)O. The van der Waals surface area contributed by atoms with E-state index in [9.17, 15) is 51.7 Å². The number of hydrogen-bond donors (Lipinski definition) is 4. The van der Waals surface area contributed by atoms with Crippen molar-refractivity contribution in [2.75, 3.05) is 30.5 Å². The number of β-lactam (4-membered cyclic amide) rings is 1. The second kappa shape index (κ2) is 16.1. The van der Waals surface area contributed by atoms with E-state index in [0.717, 1.165) is 52.8 Å². The summed E-state index contributed by atoms with van der Waals surface area (Å²) in [6, 6.07) is 3.88. The molecule has 282 valence electrons. The summed E-state index contributed by atoms with van der Waals surface area (Å²) in [7, 11) is 1.15. The molecule has 0 aliphatic carbocycles. The maximum atomic E-state index is 13.5. The number of nitrogens with one attached hydrogen (secondary N) is 2. The Morgan fingerprint density at radius 3 is 2.57 bits per heavy atom. The smallest absolute Gasteiger partial charge is 0.471 e. The lowest BCUT2D eigenvalue weighted by Crippen LogP contribution is -2.74. The molecule has 26 heteroatoms. The van der Waals surface area contributed by atoms with Crippen LogP contribution >= 0.6 is 34.9 Å². The van der Waals surface area contributed by atoms with Crippen molar-refractivity contribution in [1.29, 1.82) is 0 Å². The molecule has 2 fully saturated rings. The van der Waals surface area contributed by atoms with Gasteiger partial charge in [0.15, 0.2) is 16.6 Å². The van der Waals surface area contributed by atoms with Crippen molar-refractivity contribution in [3.05, 3.63) is 46.7 Å². The second-order valence-electron chi connectivity index (χ2n) is 11.0. The summed E-state index contributed by atoms with van der Waals surface area (Å²) in [4.78, 5) is 77.0. The summed E-state index contributed by atoms with van der Waals surface area (Å²) in [5, 5.41) is 41.8. The Kier molecular flexibility index (Phi) is 11.8. The number of oxime groups is 2. The average molecular weight is 805 g/mol. The lowest BCUT2D eigenvalue weighted by molar-refractivity contribution is -0.167. The summed E-state index contributed by atoms with van der Waals surface area (Å²) in [6.07, 6.45) is -5.22. The predicted molar refractivity (Wildman–Crippen MR) is 175 cm³/mol. The highest BCUT2D eigenvalue weighted by molar-refractivity contribution is 8.00. The largest absolute Gasteiger partial charge is 0.481 e. The first-order valence-electron chi connectivity index (χ1n) is 14.6. The highest BCUT2D eigenvalue weighted by Gasteiger charge is 2.57. The van der Waals surface area contributed by atoms with Crippen LogP contribution in [0, 0.1) is 11.2 Å². The minimum atomic E-state index is -5.22. The monoisotopic (exact) mass is 804 g/mol. The van der Waals surface area contributed by atoms with E-state index >= 15 is 0 Å². The van der Waals surface area contributed by atoms with E-state index in [1.54, 1.807) is 5.32 Å². The van der Waals surface area contributed by atoms with Gasteiger partial charge < -0.3 is 30.1 Å². The van der Waals surface area contributed by atoms with Crippen molar-refractivity contribution in [2.45, 2.75) is 35.9 Å². The number of amides is 3. The van der Waals surface area contributed by atoms with Crippen molar-refractivity contribution in [3.8, 4) is 0 Å². The van der Waals surface area contributed by atoms with Crippen molar-refractivity contribution < 1.29 is 61.4 Å². The van der Waals surface area contributed by atoms with E-state index in [1.165, 1.54) is 17.0 Å². The number of thioether (sulfide) groups is 2. The molecule has 2 saturated heterocycles. The number of carbonyl (C=O) groups excluding carboxylic acids is 3. The van der Waals surface area contributed by atoms with E-state index in [2.05, 4.69) is 41.0 Å². The van der Waals surface area contributed by atoms with Crippen molar-refractivity contribution in [3.63, 3.8) is 0 Å². The van der Waals surface area contributed by atoms with E-state index in [4.69, 9.17) is 4.84 Å². The molecule has 3 amide bonds. The third kappa shape index (κ3) is 8.99. The molecule has 0 spiro atoms. The Bertz CT molecular complexity index is 1960. The maximum Gasteiger partial charge on any atom is 0.471 e. The minimum absolute atomic E-state index is 0.0424. The van der Waals surface area contributed by atoms with Gasteiger partial charge in [0.2, 0.25) is 11.1 Å². The zero-order chi connectivity index (χ0) is 38.5. The van der Waals surface area contributed by atoms with E-state index < -0.39 is 81.6 Å². The molecule has 2 aromatic heterocycles. The Morgan fingerprint density at radius 1 is 1.17 bits per heavy atom. The number of carboxylic acids is 2.